The molecule has 14 heavy (non-hydrogen) atoms. The zero-order chi connectivity index (χ0) is 10.4. The molecule has 0 aromatic carbocycles. The molecule has 0 amide bonds. The summed E-state index contributed by atoms with van der Waals surface area (Å²) in [4.78, 5) is 8.30. The summed E-state index contributed by atoms with van der Waals surface area (Å²) in [6, 6.07) is 1.86. The Kier molecular flexibility index (Phi) is 4.49. The Labute approximate surface area is 84.5 Å². The Morgan fingerprint density at radius 3 is 3.00 bits per heavy atom. The maximum atomic E-state index is 5.96. The summed E-state index contributed by atoms with van der Waals surface area (Å²) in [6.45, 7) is 2.61. The second kappa shape index (κ2) is 5.67. The smallest absolute Gasteiger partial charge is 0.125 e. The van der Waals surface area contributed by atoms with Gasteiger partial charge >= 0.3 is 0 Å². The summed E-state index contributed by atoms with van der Waals surface area (Å²) < 4.78 is 4.96. The van der Waals surface area contributed by atoms with E-state index in [1.54, 1.807) is 13.3 Å². The maximum Gasteiger partial charge on any atom is 0.125 e. The van der Waals surface area contributed by atoms with Crippen LogP contribution in [0.2, 0.25) is 0 Å². The highest BCUT2D eigenvalue weighted by atomic mass is 16.5. The van der Waals surface area contributed by atoms with Crippen LogP contribution in [0.5, 0.6) is 0 Å². The number of aromatic nitrogens is 2. The molecule has 4 heteroatoms. The molecule has 0 aliphatic carbocycles. The van der Waals surface area contributed by atoms with Gasteiger partial charge in [-0.05, 0) is 25.8 Å². The largest absolute Gasteiger partial charge is 0.385 e. The van der Waals surface area contributed by atoms with Crippen LogP contribution in [0.1, 0.15) is 30.4 Å². The van der Waals surface area contributed by atoms with Crippen LogP contribution in [0.3, 0.4) is 0 Å². The lowest BCUT2D eigenvalue weighted by Gasteiger charge is -2.10. The molecule has 0 aliphatic heterocycles. The first-order valence-electron chi connectivity index (χ1n) is 4.78. The third-order valence-electron chi connectivity index (χ3n) is 2.04. The predicted molar refractivity (Wildman–Crippen MR) is 54.8 cm³/mol. The first kappa shape index (κ1) is 11.1. The van der Waals surface area contributed by atoms with Crippen LogP contribution in [0.4, 0.5) is 0 Å². The van der Waals surface area contributed by atoms with Gasteiger partial charge in [-0.15, -0.1) is 0 Å². The van der Waals surface area contributed by atoms with Crippen molar-refractivity contribution in [2.24, 2.45) is 5.73 Å². The molecule has 1 unspecified atom stereocenters. The Hall–Kier alpha value is -1.00. The summed E-state index contributed by atoms with van der Waals surface area (Å²) in [5.41, 5.74) is 6.87. The van der Waals surface area contributed by atoms with Crippen molar-refractivity contribution in [3.8, 4) is 0 Å². The van der Waals surface area contributed by atoms with Gasteiger partial charge in [-0.1, -0.05) is 0 Å². The molecule has 0 bridgehead atoms. The molecule has 2 N–H and O–H groups in total. The monoisotopic (exact) mass is 195 g/mol. The molecule has 1 aromatic heterocycles. The van der Waals surface area contributed by atoms with E-state index in [4.69, 9.17) is 10.5 Å². The van der Waals surface area contributed by atoms with Crippen molar-refractivity contribution in [2.75, 3.05) is 13.7 Å². The molecule has 0 aliphatic rings. The first-order chi connectivity index (χ1) is 6.74. The van der Waals surface area contributed by atoms with E-state index in [-0.39, 0.29) is 6.04 Å². The van der Waals surface area contributed by atoms with Crippen LogP contribution >= 0.6 is 0 Å². The fourth-order valence-corrected chi connectivity index (χ4v) is 1.28. The molecule has 0 saturated carbocycles. The third-order valence-corrected chi connectivity index (χ3v) is 2.04. The van der Waals surface area contributed by atoms with Crippen LogP contribution in [0, 0.1) is 6.92 Å². The number of nitrogens with two attached hydrogens (primary N) is 1. The van der Waals surface area contributed by atoms with Gasteiger partial charge in [-0.3, -0.25) is 0 Å². The number of methoxy groups -OCH3 is 1. The highest BCUT2D eigenvalue weighted by molar-refractivity contribution is 5.06. The second-order valence-corrected chi connectivity index (χ2v) is 3.27. The van der Waals surface area contributed by atoms with Gasteiger partial charge in [0, 0.05) is 26.0 Å². The average molecular weight is 195 g/mol. The minimum atomic E-state index is -0.00755. The molecular formula is C10H17N3O. The zero-order valence-electron chi connectivity index (χ0n) is 8.73. The molecular weight excluding hydrogens is 178 g/mol. The number of hydrogen-bond donors (Lipinski definition) is 1. The summed E-state index contributed by atoms with van der Waals surface area (Å²) in [6.07, 6.45) is 3.60. The van der Waals surface area contributed by atoms with E-state index in [1.807, 2.05) is 13.0 Å². The lowest BCUT2D eigenvalue weighted by atomic mass is 10.1. The van der Waals surface area contributed by atoms with E-state index in [0.717, 1.165) is 31.0 Å². The van der Waals surface area contributed by atoms with E-state index in [0.29, 0.717) is 0 Å². The molecule has 1 rings (SSSR count). The molecule has 4 nitrogen and oxygen atoms in total. The van der Waals surface area contributed by atoms with E-state index in [2.05, 4.69) is 9.97 Å². The minimum Gasteiger partial charge on any atom is -0.385 e. The Morgan fingerprint density at radius 2 is 2.36 bits per heavy atom. The molecule has 0 saturated heterocycles. The van der Waals surface area contributed by atoms with E-state index < -0.39 is 0 Å². The van der Waals surface area contributed by atoms with Crippen LogP contribution in [-0.2, 0) is 4.74 Å². The molecule has 0 radical (unpaired) electrons. The summed E-state index contributed by atoms with van der Waals surface area (Å²) in [7, 11) is 1.69. The third kappa shape index (κ3) is 3.40. The summed E-state index contributed by atoms with van der Waals surface area (Å²) in [5, 5.41) is 0. The molecule has 1 heterocycles. The summed E-state index contributed by atoms with van der Waals surface area (Å²) >= 11 is 0. The van der Waals surface area contributed by atoms with Gasteiger partial charge in [0.1, 0.15) is 5.82 Å². The van der Waals surface area contributed by atoms with Crippen LogP contribution in [-0.4, -0.2) is 23.7 Å². The SMILES string of the molecule is COCCCC(N)c1ccnc(C)n1. The van der Waals surface area contributed by atoms with Gasteiger partial charge in [-0.25, -0.2) is 9.97 Å². The van der Waals surface area contributed by atoms with Crippen molar-refractivity contribution >= 4 is 0 Å². The highest BCUT2D eigenvalue weighted by Crippen LogP contribution is 2.12. The predicted octanol–water partition coefficient (Wildman–Crippen LogP) is 1.21. The number of hydrogen-bond acceptors (Lipinski definition) is 4. The molecule has 0 fully saturated rings. The quantitative estimate of drug-likeness (QED) is 0.717. The molecule has 78 valence electrons. The zero-order valence-corrected chi connectivity index (χ0v) is 8.73. The second-order valence-electron chi connectivity index (χ2n) is 3.27. The number of ether oxygens (including phenoxy) is 1. The molecule has 1 aromatic rings. The van der Waals surface area contributed by atoms with Crippen LogP contribution in [0.25, 0.3) is 0 Å². The Balaban J connectivity index is 2.47. The molecule has 1 atom stereocenters. The van der Waals surface area contributed by atoms with Crippen molar-refractivity contribution in [2.45, 2.75) is 25.8 Å². The van der Waals surface area contributed by atoms with E-state index >= 15 is 0 Å². The lowest BCUT2D eigenvalue weighted by molar-refractivity contribution is 0.190. The number of nitrogens with zero attached hydrogens (tertiary/aromatic N) is 2. The van der Waals surface area contributed by atoms with Gasteiger partial charge in [0.25, 0.3) is 0 Å². The maximum absolute atomic E-state index is 5.96. The normalized spacial score (nSPS) is 12.8. The van der Waals surface area contributed by atoms with Crippen molar-refractivity contribution in [1.29, 1.82) is 0 Å². The fourth-order valence-electron chi connectivity index (χ4n) is 1.28. The summed E-state index contributed by atoms with van der Waals surface area (Å²) in [5.74, 6) is 0.768. The average Bonchev–Trinajstić information content (AvgIpc) is 2.18. The standard InChI is InChI=1S/C10H17N3O/c1-8-12-6-5-10(13-8)9(11)4-3-7-14-2/h5-6,9H,3-4,7,11H2,1-2H3. The number of rotatable bonds is 5. The van der Waals surface area contributed by atoms with Gasteiger partial charge in [0.15, 0.2) is 0 Å². The number of aryl methyl sites for hydroxylation is 1. The van der Waals surface area contributed by atoms with E-state index in [1.165, 1.54) is 0 Å². The first-order valence-corrected chi connectivity index (χ1v) is 4.78. The van der Waals surface area contributed by atoms with Gasteiger partial charge < -0.3 is 10.5 Å². The fraction of sp³-hybridized carbons (Fsp3) is 0.600. The highest BCUT2D eigenvalue weighted by Gasteiger charge is 2.06. The van der Waals surface area contributed by atoms with Gasteiger partial charge in [0.05, 0.1) is 5.69 Å². The van der Waals surface area contributed by atoms with Crippen molar-refractivity contribution < 1.29 is 4.74 Å². The Bertz CT molecular complexity index is 278. The Morgan fingerprint density at radius 1 is 1.57 bits per heavy atom. The van der Waals surface area contributed by atoms with Gasteiger partial charge in [0.2, 0.25) is 0 Å². The van der Waals surface area contributed by atoms with E-state index in [9.17, 15) is 0 Å². The van der Waals surface area contributed by atoms with Crippen molar-refractivity contribution in [3.05, 3.63) is 23.8 Å². The minimum absolute atomic E-state index is 0.00755. The van der Waals surface area contributed by atoms with Crippen molar-refractivity contribution in [3.63, 3.8) is 0 Å². The van der Waals surface area contributed by atoms with Crippen LogP contribution in [0.15, 0.2) is 12.3 Å². The molecule has 0 spiro atoms. The van der Waals surface area contributed by atoms with Crippen molar-refractivity contribution in [1.82, 2.24) is 9.97 Å². The van der Waals surface area contributed by atoms with Gasteiger partial charge in [-0.2, -0.15) is 0 Å². The topological polar surface area (TPSA) is 61.0 Å². The van der Waals surface area contributed by atoms with Crippen LogP contribution < -0.4 is 5.73 Å². The lowest BCUT2D eigenvalue weighted by Crippen LogP contribution is -2.13.